The Hall–Kier alpha value is -2.43. The minimum absolute atomic E-state index is 0.0112. The van der Waals surface area contributed by atoms with Crippen LogP contribution in [0.15, 0.2) is 48.7 Å². The molecular weight excluding hydrogens is 314 g/mol. The molecule has 1 aliphatic heterocycles. The minimum atomic E-state index is -3.33. The maximum Gasteiger partial charge on any atom is 0.218 e. The highest BCUT2D eigenvalue weighted by Crippen LogP contribution is 2.21. The highest BCUT2D eigenvalue weighted by Gasteiger charge is 2.37. The summed E-state index contributed by atoms with van der Waals surface area (Å²) in [6, 6.07) is 14.2. The zero-order valence-corrected chi connectivity index (χ0v) is 13.1. The third-order valence-corrected chi connectivity index (χ3v) is 5.33. The van der Waals surface area contributed by atoms with E-state index in [0.717, 1.165) is 5.56 Å². The average molecular weight is 329 g/mol. The Morgan fingerprint density at radius 2 is 2.00 bits per heavy atom. The summed E-state index contributed by atoms with van der Waals surface area (Å²) >= 11 is 0. The molecule has 2 aromatic rings. The van der Waals surface area contributed by atoms with Gasteiger partial charge in [0.2, 0.25) is 15.9 Å². The van der Waals surface area contributed by atoms with Gasteiger partial charge in [0.1, 0.15) is 6.10 Å². The summed E-state index contributed by atoms with van der Waals surface area (Å²) in [5.74, 6) is 0.331. The molecule has 0 atom stereocenters. The highest BCUT2D eigenvalue weighted by molar-refractivity contribution is 7.88. The van der Waals surface area contributed by atoms with Gasteiger partial charge in [0.15, 0.2) is 0 Å². The summed E-state index contributed by atoms with van der Waals surface area (Å²) < 4.78 is 31.6. The lowest BCUT2D eigenvalue weighted by Gasteiger charge is -2.37. The van der Waals surface area contributed by atoms with Gasteiger partial charge in [0, 0.05) is 12.3 Å². The molecule has 6 nitrogen and oxygen atoms in total. The number of nitrogens with zero attached hydrogens (tertiary/aromatic N) is 3. The van der Waals surface area contributed by atoms with Crippen LogP contribution in [-0.2, 0) is 15.8 Å². The number of hydrogen-bond acceptors (Lipinski definition) is 5. The first-order chi connectivity index (χ1) is 11.1. The van der Waals surface area contributed by atoms with E-state index in [9.17, 15) is 8.42 Å². The number of hydrogen-bond donors (Lipinski definition) is 0. The van der Waals surface area contributed by atoms with Crippen molar-refractivity contribution in [2.75, 3.05) is 13.1 Å². The molecule has 1 saturated heterocycles. The summed E-state index contributed by atoms with van der Waals surface area (Å²) in [6.07, 6.45) is 1.26. The lowest BCUT2D eigenvalue weighted by Crippen LogP contribution is -2.56. The van der Waals surface area contributed by atoms with Crippen molar-refractivity contribution in [2.45, 2.75) is 11.9 Å². The maximum atomic E-state index is 12.3. The second-order valence-electron chi connectivity index (χ2n) is 5.29. The lowest BCUT2D eigenvalue weighted by atomic mass is 10.2. The van der Waals surface area contributed by atoms with Crippen LogP contribution in [0.5, 0.6) is 5.88 Å². The summed E-state index contributed by atoms with van der Waals surface area (Å²) in [4.78, 5) is 4.02. The van der Waals surface area contributed by atoms with Gasteiger partial charge >= 0.3 is 0 Å². The van der Waals surface area contributed by atoms with E-state index in [1.54, 1.807) is 24.3 Å². The van der Waals surface area contributed by atoms with Crippen molar-refractivity contribution in [1.82, 2.24) is 9.29 Å². The van der Waals surface area contributed by atoms with Gasteiger partial charge in [-0.25, -0.2) is 13.4 Å². The molecule has 1 aliphatic rings. The van der Waals surface area contributed by atoms with Crippen LogP contribution < -0.4 is 4.74 Å². The van der Waals surface area contributed by atoms with Gasteiger partial charge in [0.05, 0.1) is 30.5 Å². The second kappa shape index (κ2) is 6.36. The van der Waals surface area contributed by atoms with E-state index in [4.69, 9.17) is 10.00 Å². The summed E-state index contributed by atoms with van der Waals surface area (Å²) in [6.45, 7) is 0.598. The summed E-state index contributed by atoms with van der Waals surface area (Å²) in [5.41, 5.74) is 1.23. The molecule has 3 rings (SSSR count). The number of sulfonamides is 1. The fourth-order valence-corrected chi connectivity index (χ4v) is 3.88. The quantitative estimate of drug-likeness (QED) is 0.831. The van der Waals surface area contributed by atoms with Crippen molar-refractivity contribution >= 4 is 10.0 Å². The molecule has 0 spiro atoms. The van der Waals surface area contributed by atoms with Gasteiger partial charge in [-0.2, -0.15) is 9.57 Å². The number of benzene rings is 1. The second-order valence-corrected chi connectivity index (χ2v) is 7.26. The molecule has 1 aromatic heterocycles. The van der Waals surface area contributed by atoms with Crippen molar-refractivity contribution in [3.8, 4) is 11.9 Å². The van der Waals surface area contributed by atoms with Crippen molar-refractivity contribution in [2.24, 2.45) is 0 Å². The molecule has 23 heavy (non-hydrogen) atoms. The Morgan fingerprint density at radius 1 is 1.26 bits per heavy atom. The molecule has 7 heteroatoms. The van der Waals surface area contributed by atoms with Crippen LogP contribution in [-0.4, -0.2) is 36.9 Å². The molecule has 0 saturated carbocycles. The molecule has 0 radical (unpaired) electrons. The van der Waals surface area contributed by atoms with Crippen LogP contribution >= 0.6 is 0 Å². The van der Waals surface area contributed by atoms with Gasteiger partial charge < -0.3 is 4.74 Å². The number of aromatic nitrogens is 1. The summed E-state index contributed by atoms with van der Waals surface area (Å²) in [5, 5.41) is 8.84. The van der Waals surface area contributed by atoms with Crippen LogP contribution in [0.1, 0.15) is 11.1 Å². The Morgan fingerprint density at radius 3 is 2.70 bits per heavy atom. The lowest BCUT2D eigenvalue weighted by molar-refractivity contribution is 0.0719. The molecule has 0 unspecified atom stereocenters. The molecule has 1 aromatic carbocycles. The van der Waals surface area contributed by atoms with Crippen LogP contribution in [0.4, 0.5) is 0 Å². The number of ether oxygens (including phenoxy) is 1. The van der Waals surface area contributed by atoms with E-state index in [2.05, 4.69) is 4.98 Å². The highest BCUT2D eigenvalue weighted by atomic mass is 32.2. The van der Waals surface area contributed by atoms with E-state index >= 15 is 0 Å². The zero-order chi connectivity index (χ0) is 16.3. The Kier molecular flexibility index (Phi) is 4.28. The first-order valence-electron chi connectivity index (χ1n) is 7.11. The molecule has 1 fully saturated rings. The number of pyridine rings is 1. The largest absolute Gasteiger partial charge is 0.471 e. The Labute approximate surface area is 135 Å². The third kappa shape index (κ3) is 3.67. The molecule has 0 N–H and O–H groups in total. The fourth-order valence-electron chi connectivity index (χ4n) is 2.29. The van der Waals surface area contributed by atoms with E-state index in [1.165, 1.54) is 10.5 Å². The van der Waals surface area contributed by atoms with E-state index < -0.39 is 10.0 Å². The first kappa shape index (κ1) is 15.5. The standard InChI is InChI=1S/C16H15N3O3S/c17-9-14-6-7-18-16(8-14)22-15-10-19(11-15)23(20,21)12-13-4-2-1-3-5-13/h1-8,15H,10-12H2. The third-order valence-electron chi connectivity index (χ3n) is 3.55. The number of rotatable bonds is 5. The van der Waals surface area contributed by atoms with Crippen molar-refractivity contribution in [3.63, 3.8) is 0 Å². The smallest absolute Gasteiger partial charge is 0.218 e. The molecule has 0 amide bonds. The topological polar surface area (TPSA) is 83.3 Å². The van der Waals surface area contributed by atoms with Crippen molar-refractivity contribution in [1.29, 1.82) is 5.26 Å². The normalized spacial score (nSPS) is 15.6. The van der Waals surface area contributed by atoms with E-state index in [-0.39, 0.29) is 11.9 Å². The van der Waals surface area contributed by atoms with Gasteiger partial charge in [-0.1, -0.05) is 30.3 Å². The Bertz CT molecular complexity index is 825. The van der Waals surface area contributed by atoms with Crippen molar-refractivity contribution in [3.05, 3.63) is 59.8 Å². The van der Waals surface area contributed by atoms with E-state index in [1.807, 2.05) is 24.3 Å². The van der Waals surface area contributed by atoms with Gasteiger partial charge in [-0.05, 0) is 11.6 Å². The van der Waals surface area contributed by atoms with Gasteiger partial charge in [0.25, 0.3) is 0 Å². The molecular formula is C16H15N3O3S. The monoisotopic (exact) mass is 329 g/mol. The van der Waals surface area contributed by atoms with Crippen molar-refractivity contribution < 1.29 is 13.2 Å². The number of nitriles is 1. The van der Waals surface area contributed by atoms with Crippen LogP contribution in [0.3, 0.4) is 0 Å². The minimum Gasteiger partial charge on any atom is -0.471 e. The molecule has 0 aliphatic carbocycles. The van der Waals surface area contributed by atoms with Crippen LogP contribution in [0, 0.1) is 11.3 Å². The zero-order valence-electron chi connectivity index (χ0n) is 12.3. The first-order valence-corrected chi connectivity index (χ1v) is 8.72. The average Bonchev–Trinajstić information content (AvgIpc) is 2.51. The van der Waals surface area contributed by atoms with Crippen LogP contribution in [0.2, 0.25) is 0 Å². The van der Waals surface area contributed by atoms with E-state index in [0.29, 0.717) is 24.5 Å². The summed E-state index contributed by atoms with van der Waals surface area (Å²) in [7, 11) is -3.33. The Balaban J connectivity index is 1.57. The van der Waals surface area contributed by atoms with Crippen LogP contribution in [0.25, 0.3) is 0 Å². The van der Waals surface area contributed by atoms with Gasteiger partial charge in [-0.15, -0.1) is 0 Å². The molecule has 0 bridgehead atoms. The van der Waals surface area contributed by atoms with Gasteiger partial charge in [-0.3, -0.25) is 0 Å². The molecule has 2 heterocycles. The SMILES string of the molecule is N#Cc1ccnc(OC2CN(S(=O)(=O)Cc3ccccc3)C2)c1. The predicted molar refractivity (Wildman–Crippen MR) is 84.0 cm³/mol. The maximum absolute atomic E-state index is 12.3. The predicted octanol–water partition coefficient (Wildman–Crippen LogP) is 1.55. The fraction of sp³-hybridized carbons (Fsp3) is 0.250. The molecule has 118 valence electrons.